The molecule has 4 heteroatoms. The van der Waals surface area contributed by atoms with E-state index in [4.69, 9.17) is 9.47 Å². The number of hydrogen-bond donors (Lipinski definition) is 0. The maximum Gasteiger partial charge on any atom is 0.308 e. The first-order valence-electron chi connectivity index (χ1n) is 6.81. The van der Waals surface area contributed by atoms with Gasteiger partial charge in [0.2, 0.25) is 0 Å². The van der Waals surface area contributed by atoms with Gasteiger partial charge in [-0.1, -0.05) is 0 Å². The molecule has 2 aliphatic carbocycles. The molecule has 18 heavy (non-hydrogen) atoms. The van der Waals surface area contributed by atoms with Crippen molar-refractivity contribution < 1.29 is 19.1 Å². The maximum atomic E-state index is 11.6. The third-order valence-electron chi connectivity index (χ3n) is 4.68. The van der Waals surface area contributed by atoms with Gasteiger partial charge in [0.15, 0.2) is 0 Å². The van der Waals surface area contributed by atoms with E-state index in [2.05, 4.69) is 0 Å². The Labute approximate surface area is 108 Å². The second-order valence-corrected chi connectivity index (χ2v) is 5.59. The van der Waals surface area contributed by atoms with Crippen molar-refractivity contribution >= 4 is 11.9 Å². The Morgan fingerprint density at radius 3 is 1.50 bits per heavy atom. The number of rotatable bonds is 2. The molecule has 0 amide bonds. The van der Waals surface area contributed by atoms with Crippen LogP contribution in [0.5, 0.6) is 0 Å². The van der Waals surface area contributed by atoms with Gasteiger partial charge in [0.05, 0.1) is 26.1 Å². The molecule has 0 aromatic carbocycles. The Hall–Kier alpha value is -1.06. The average molecular weight is 254 g/mol. The van der Waals surface area contributed by atoms with E-state index in [9.17, 15) is 9.59 Å². The lowest BCUT2D eigenvalue weighted by atomic mass is 9.65. The third-order valence-corrected chi connectivity index (χ3v) is 4.68. The van der Waals surface area contributed by atoms with Gasteiger partial charge in [-0.05, 0) is 50.4 Å². The first kappa shape index (κ1) is 13.4. The number of esters is 2. The van der Waals surface area contributed by atoms with Gasteiger partial charge in [0, 0.05) is 0 Å². The molecule has 2 unspecified atom stereocenters. The number of carbonyl (C=O) groups is 2. The molecule has 0 saturated heterocycles. The van der Waals surface area contributed by atoms with E-state index in [1.807, 2.05) is 0 Å². The van der Waals surface area contributed by atoms with Gasteiger partial charge in [-0.2, -0.15) is 0 Å². The molecule has 0 aliphatic heterocycles. The maximum absolute atomic E-state index is 11.6. The van der Waals surface area contributed by atoms with Crippen LogP contribution in [0.2, 0.25) is 0 Å². The van der Waals surface area contributed by atoms with Crippen molar-refractivity contribution in [3.63, 3.8) is 0 Å². The minimum Gasteiger partial charge on any atom is -0.469 e. The molecule has 0 aromatic rings. The topological polar surface area (TPSA) is 52.6 Å². The molecule has 0 radical (unpaired) electrons. The Balaban J connectivity index is 1.91. The van der Waals surface area contributed by atoms with Crippen LogP contribution >= 0.6 is 0 Å². The highest BCUT2D eigenvalue weighted by Crippen LogP contribution is 2.45. The normalized spacial score (nSPS) is 35.4. The zero-order chi connectivity index (χ0) is 13.1. The van der Waals surface area contributed by atoms with Crippen LogP contribution in [-0.4, -0.2) is 26.2 Å². The van der Waals surface area contributed by atoms with Crippen molar-refractivity contribution in [2.24, 2.45) is 23.7 Å². The van der Waals surface area contributed by atoms with Gasteiger partial charge < -0.3 is 9.47 Å². The summed E-state index contributed by atoms with van der Waals surface area (Å²) in [5.74, 6) is 1.19. The Kier molecular flexibility index (Phi) is 4.25. The van der Waals surface area contributed by atoms with Crippen LogP contribution in [0.25, 0.3) is 0 Å². The Bertz CT molecular complexity index is 294. The van der Waals surface area contributed by atoms with Crippen LogP contribution in [0.3, 0.4) is 0 Å². The van der Waals surface area contributed by atoms with E-state index in [1.165, 1.54) is 14.2 Å². The minimum absolute atomic E-state index is 0.0662. The van der Waals surface area contributed by atoms with Crippen LogP contribution in [0.1, 0.15) is 38.5 Å². The molecule has 4 nitrogen and oxygen atoms in total. The van der Waals surface area contributed by atoms with Crippen LogP contribution in [0.15, 0.2) is 0 Å². The molecule has 0 spiro atoms. The predicted octanol–water partition coefficient (Wildman–Crippen LogP) is 2.17. The molecule has 2 saturated carbocycles. The highest BCUT2D eigenvalue weighted by atomic mass is 16.5. The Morgan fingerprint density at radius 2 is 1.17 bits per heavy atom. The summed E-state index contributed by atoms with van der Waals surface area (Å²) < 4.78 is 9.67. The number of ether oxygens (including phenoxy) is 2. The van der Waals surface area contributed by atoms with Crippen molar-refractivity contribution in [2.75, 3.05) is 14.2 Å². The molecule has 0 N–H and O–H groups in total. The van der Waals surface area contributed by atoms with E-state index in [-0.39, 0.29) is 23.8 Å². The lowest BCUT2D eigenvalue weighted by molar-refractivity contribution is -0.151. The molecule has 0 aromatic heterocycles. The highest BCUT2D eigenvalue weighted by molar-refractivity contribution is 5.73. The van der Waals surface area contributed by atoms with Crippen LogP contribution < -0.4 is 0 Å². The number of methoxy groups -OCH3 is 2. The highest BCUT2D eigenvalue weighted by Gasteiger charge is 2.40. The van der Waals surface area contributed by atoms with Crippen molar-refractivity contribution in [2.45, 2.75) is 38.5 Å². The van der Waals surface area contributed by atoms with Crippen LogP contribution in [-0.2, 0) is 19.1 Å². The minimum atomic E-state index is -0.0662. The summed E-state index contributed by atoms with van der Waals surface area (Å²) in [6, 6.07) is 0. The summed E-state index contributed by atoms with van der Waals surface area (Å²) in [5.41, 5.74) is 0. The average Bonchev–Trinajstić information content (AvgIpc) is 2.44. The standard InChI is InChI=1S/C14H22O4/c1-17-13(15)11-5-3-10-8-12(14(16)18-2)6-4-9(10)7-11/h9-12H,3-8H2,1-2H3/t9-,10+,11?,12?. The molecule has 0 heterocycles. The van der Waals surface area contributed by atoms with Gasteiger partial charge in [0.25, 0.3) is 0 Å². The van der Waals surface area contributed by atoms with E-state index in [0.717, 1.165) is 38.5 Å². The molecule has 102 valence electrons. The fourth-order valence-electron chi connectivity index (χ4n) is 3.65. The lowest BCUT2D eigenvalue weighted by Gasteiger charge is -2.40. The summed E-state index contributed by atoms with van der Waals surface area (Å²) in [6.07, 6.45) is 5.76. The molecule has 2 rings (SSSR count). The first-order chi connectivity index (χ1) is 8.65. The SMILES string of the molecule is COC(=O)C1CC[C@H]2CC(C(=O)OC)CC[C@@H]2C1. The van der Waals surface area contributed by atoms with E-state index in [1.54, 1.807) is 0 Å². The number of hydrogen-bond acceptors (Lipinski definition) is 4. The summed E-state index contributed by atoms with van der Waals surface area (Å²) in [4.78, 5) is 23.1. The summed E-state index contributed by atoms with van der Waals surface area (Å²) in [5, 5.41) is 0. The summed E-state index contributed by atoms with van der Waals surface area (Å²) in [7, 11) is 2.92. The first-order valence-corrected chi connectivity index (χ1v) is 6.81. The second-order valence-electron chi connectivity index (χ2n) is 5.59. The smallest absolute Gasteiger partial charge is 0.308 e. The van der Waals surface area contributed by atoms with Crippen molar-refractivity contribution in [3.05, 3.63) is 0 Å². The predicted molar refractivity (Wildman–Crippen MR) is 65.7 cm³/mol. The largest absolute Gasteiger partial charge is 0.469 e. The van der Waals surface area contributed by atoms with Gasteiger partial charge in [-0.3, -0.25) is 9.59 Å². The van der Waals surface area contributed by atoms with E-state index < -0.39 is 0 Å². The fourth-order valence-corrected chi connectivity index (χ4v) is 3.65. The number of fused-ring (bicyclic) bond motifs is 1. The molecule has 2 fully saturated rings. The second kappa shape index (κ2) is 5.72. The zero-order valence-electron chi connectivity index (χ0n) is 11.2. The fraction of sp³-hybridized carbons (Fsp3) is 0.857. The Morgan fingerprint density at radius 1 is 0.778 bits per heavy atom. The van der Waals surface area contributed by atoms with Gasteiger partial charge in [0.1, 0.15) is 0 Å². The van der Waals surface area contributed by atoms with Crippen LogP contribution in [0.4, 0.5) is 0 Å². The van der Waals surface area contributed by atoms with Crippen molar-refractivity contribution in [3.8, 4) is 0 Å². The van der Waals surface area contributed by atoms with Gasteiger partial charge >= 0.3 is 11.9 Å². The van der Waals surface area contributed by atoms with Gasteiger partial charge in [-0.15, -0.1) is 0 Å². The quantitative estimate of drug-likeness (QED) is 0.709. The van der Waals surface area contributed by atoms with Crippen LogP contribution in [0, 0.1) is 23.7 Å². The van der Waals surface area contributed by atoms with Gasteiger partial charge in [-0.25, -0.2) is 0 Å². The lowest BCUT2D eigenvalue weighted by Crippen LogP contribution is -2.36. The summed E-state index contributed by atoms with van der Waals surface area (Å²) >= 11 is 0. The zero-order valence-corrected chi connectivity index (χ0v) is 11.2. The molecule has 0 bridgehead atoms. The summed E-state index contributed by atoms with van der Waals surface area (Å²) in [6.45, 7) is 0. The molecular weight excluding hydrogens is 232 g/mol. The molecule has 2 aliphatic rings. The van der Waals surface area contributed by atoms with Crippen molar-refractivity contribution in [1.29, 1.82) is 0 Å². The molecule has 4 atom stereocenters. The van der Waals surface area contributed by atoms with Crippen molar-refractivity contribution in [1.82, 2.24) is 0 Å². The molecular formula is C14H22O4. The third kappa shape index (κ3) is 2.68. The number of carbonyl (C=O) groups excluding carboxylic acids is 2. The van der Waals surface area contributed by atoms with E-state index >= 15 is 0 Å². The monoisotopic (exact) mass is 254 g/mol. The van der Waals surface area contributed by atoms with E-state index in [0.29, 0.717) is 11.8 Å².